The van der Waals surface area contributed by atoms with E-state index in [4.69, 9.17) is 0 Å². The zero-order valence-corrected chi connectivity index (χ0v) is 12.8. The van der Waals surface area contributed by atoms with Gasteiger partial charge in [-0.25, -0.2) is 0 Å². The van der Waals surface area contributed by atoms with Crippen LogP contribution < -0.4 is 5.32 Å². The summed E-state index contributed by atoms with van der Waals surface area (Å²) >= 11 is 0. The molecule has 1 aliphatic rings. The summed E-state index contributed by atoms with van der Waals surface area (Å²) in [5, 5.41) is 2.83. The first kappa shape index (κ1) is 16.0. The Hall–Kier alpha value is -1.10. The molecule has 0 aromatic heterocycles. The average Bonchev–Trinajstić information content (AvgIpc) is 2.37. The zero-order valence-electron chi connectivity index (χ0n) is 12.8. The molecule has 2 amide bonds. The van der Waals surface area contributed by atoms with Gasteiger partial charge < -0.3 is 15.1 Å². The molecule has 3 atom stereocenters. The van der Waals surface area contributed by atoms with E-state index >= 15 is 0 Å². The standard InChI is InChI=1S/C14H27N3O2/c1-6-10(2)13-14(19)17(9-12(18)15-13)11(3)7-8-16(4)5/h10-11,13H,6-9H2,1-5H3,(H,15,18). The molecular weight excluding hydrogens is 242 g/mol. The molecule has 1 heterocycles. The molecule has 0 spiro atoms. The van der Waals surface area contributed by atoms with E-state index in [2.05, 4.69) is 10.2 Å². The quantitative estimate of drug-likeness (QED) is 0.772. The second-order valence-electron chi connectivity index (χ2n) is 5.84. The van der Waals surface area contributed by atoms with Gasteiger partial charge in [0, 0.05) is 6.04 Å². The van der Waals surface area contributed by atoms with Crippen molar-refractivity contribution in [2.75, 3.05) is 27.2 Å². The Balaban J connectivity index is 2.71. The van der Waals surface area contributed by atoms with Gasteiger partial charge in [-0.3, -0.25) is 9.59 Å². The minimum atomic E-state index is -0.354. The molecule has 1 rings (SSSR count). The number of hydrogen-bond donors (Lipinski definition) is 1. The number of hydrogen-bond acceptors (Lipinski definition) is 3. The van der Waals surface area contributed by atoms with Crippen LogP contribution in [0.2, 0.25) is 0 Å². The molecule has 1 aliphatic heterocycles. The summed E-state index contributed by atoms with van der Waals surface area (Å²) in [5.74, 6) is 0.210. The topological polar surface area (TPSA) is 52.7 Å². The summed E-state index contributed by atoms with van der Waals surface area (Å²) in [4.78, 5) is 28.1. The molecule has 0 aromatic carbocycles. The Morgan fingerprint density at radius 2 is 2.00 bits per heavy atom. The molecule has 0 radical (unpaired) electrons. The van der Waals surface area contributed by atoms with Crippen molar-refractivity contribution in [2.24, 2.45) is 5.92 Å². The molecule has 5 nitrogen and oxygen atoms in total. The Morgan fingerprint density at radius 3 is 2.53 bits per heavy atom. The van der Waals surface area contributed by atoms with Crippen molar-refractivity contribution in [2.45, 2.75) is 45.7 Å². The lowest BCUT2D eigenvalue weighted by Crippen LogP contribution is -2.62. The van der Waals surface area contributed by atoms with Gasteiger partial charge in [-0.15, -0.1) is 0 Å². The van der Waals surface area contributed by atoms with E-state index in [1.165, 1.54) is 0 Å². The number of nitrogens with zero attached hydrogens (tertiary/aromatic N) is 2. The third kappa shape index (κ3) is 4.20. The molecule has 1 N–H and O–H groups in total. The maximum atomic E-state index is 12.5. The lowest BCUT2D eigenvalue weighted by atomic mass is 9.95. The van der Waals surface area contributed by atoms with E-state index in [1.54, 1.807) is 4.90 Å². The minimum Gasteiger partial charge on any atom is -0.342 e. The molecule has 0 aromatic rings. The predicted octanol–water partition coefficient (Wildman–Crippen LogP) is 0.700. The highest BCUT2D eigenvalue weighted by Crippen LogP contribution is 2.17. The Labute approximate surface area is 116 Å². The van der Waals surface area contributed by atoms with E-state index in [-0.39, 0.29) is 36.4 Å². The first-order valence-electron chi connectivity index (χ1n) is 7.11. The fourth-order valence-electron chi connectivity index (χ4n) is 2.29. The summed E-state index contributed by atoms with van der Waals surface area (Å²) in [7, 11) is 4.03. The van der Waals surface area contributed by atoms with Gasteiger partial charge >= 0.3 is 0 Å². The molecular formula is C14H27N3O2. The van der Waals surface area contributed by atoms with Crippen molar-refractivity contribution < 1.29 is 9.59 Å². The second kappa shape index (κ2) is 6.89. The first-order valence-corrected chi connectivity index (χ1v) is 7.11. The van der Waals surface area contributed by atoms with E-state index in [0.29, 0.717) is 0 Å². The number of amides is 2. The summed E-state index contributed by atoms with van der Waals surface area (Å²) in [6.45, 7) is 7.18. The van der Waals surface area contributed by atoms with Crippen molar-refractivity contribution in [3.05, 3.63) is 0 Å². The van der Waals surface area contributed by atoms with Crippen molar-refractivity contribution in [1.29, 1.82) is 0 Å². The van der Waals surface area contributed by atoms with Gasteiger partial charge in [-0.1, -0.05) is 20.3 Å². The largest absolute Gasteiger partial charge is 0.342 e. The third-order valence-electron chi connectivity index (χ3n) is 3.92. The summed E-state index contributed by atoms with van der Waals surface area (Å²) in [5.41, 5.74) is 0. The van der Waals surface area contributed by atoms with Crippen molar-refractivity contribution in [3.8, 4) is 0 Å². The Bertz CT molecular complexity index is 331. The normalized spacial score (nSPS) is 23.5. The molecule has 0 bridgehead atoms. The molecule has 1 fully saturated rings. The fraction of sp³-hybridized carbons (Fsp3) is 0.857. The van der Waals surface area contributed by atoms with Crippen LogP contribution in [-0.2, 0) is 9.59 Å². The van der Waals surface area contributed by atoms with E-state index in [9.17, 15) is 9.59 Å². The van der Waals surface area contributed by atoms with Crippen LogP contribution in [0.15, 0.2) is 0 Å². The summed E-state index contributed by atoms with van der Waals surface area (Å²) in [6, 6.07) is -0.249. The third-order valence-corrected chi connectivity index (χ3v) is 3.92. The number of carbonyl (C=O) groups is 2. The van der Waals surface area contributed by atoms with E-state index in [1.807, 2.05) is 34.9 Å². The zero-order chi connectivity index (χ0) is 14.6. The van der Waals surface area contributed by atoms with Crippen LogP contribution in [0.1, 0.15) is 33.6 Å². The SMILES string of the molecule is CCC(C)C1NC(=O)CN(C(C)CCN(C)C)C1=O. The van der Waals surface area contributed by atoms with Gasteiger partial charge in [0.05, 0.1) is 6.54 Å². The van der Waals surface area contributed by atoms with Gasteiger partial charge in [-0.2, -0.15) is 0 Å². The lowest BCUT2D eigenvalue weighted by Gasteiger charge is -2.38. The monoisotopic (exact) mass is 269 g/mol. The molecule has 0 aliphatic carbocycles. The summed E-state index contributed by atoms with van der Waals surface area (Å²) < 4.78 is 0. The maximum Gasteiger partial charge on any atom is 0.246 e. The van der Waals surface area contributed by atoms with Crippen molar-refractivity contribution in [1.82, 2.24) is 15.1 Å². The number of piperazine rings is 1. The molecule has 1 saturated heterocycles. The van der Waals surface area contributed by atoms with Crippen molar-refractivity contribution >= 4 is 11.8 Å². The van der Waals surface area contributed by atoms with Gasteiger partial charge in [0.1, 0.15) is 6.04 Å². The van der Waals surface area contributed by atoms with E-state index < -0.39 is 0 Å². The molecule has 110 valence electrons. The molecule has 3 unspecified atom stereocenters. The highest BCUT2D eigenvalue weighted by atomic mass is 16.2. The van der Waals surface area contributed by atoms with Crippen molar-refractivity contribution in [3.63, 3.8) is 0 Å². The lowest BCUT2D eigenvalue weighted by molar-refractivity contribution is -0.148. The first-order chi connectivity index (χ1) is 8.86. The van der Waals surface area contributed by atoms with Crippen LogP contribution in [0.3, 0.4) is 0 Å². The highest BCUT2D eigenvalue weighted by Gasteiger charge is 2.37. The van der Waals surface area contributed by atoms with Crippen LogP contribution in [0.5, 0.6) is 0 Å². The number of nitrogens with one attached hydrogen (secondary N) is 1. The second-order valence-corrected chi connectivity index (χ2v) is 5.84. The average molecular weight is 269 g/mol. The van der Waals surface area contributed by atoms with Gasteiger partial charge in [0.2, 0.25) is 11.8 Å². The number of carbonyl (C=O) groups excluding carboxylic acids is 2. The van der Waals surface area contributed by atoms with Gasteiger partial charge in [0.15, 0.2) is 0 Å². The van der Waals surface area contributed by atoms with Crippen LogP contribution in [0.4, 0.5) is 0 Å². The minimum absolute atomic E-state index is 0.0402. The summed E-state index contributed by atoms with van der Waals surface area (Å²) in [6.07, 6.45) is 1.77. The Kier molecular flexibility index (Phi) is 5.79. The highest BCUT2D eigenvalue weighted by molar-refractivity contribution is 5.95. The van der Waals surface area contributed by atoms with Crippen LogP contribution in [0.25, 0.3) is 0 Å². The smallest absolute Gasteiger partial charge is 0.246 e. The van der Waals surface area contributed by atoms with Gasteiger partial charge in [0.25, 0.3) is 0 Å². The Morgan fingerprint density at radius 1 is 1.37 bits per heavy atom. The predicted molar refractivity (Wildman–Crippen MR) is 75.7 cm³/mol. The molecule has 0 saturated carbocycles. The van der Waals surface area contributed by atoms with Gasteiger partial charge in [-0.05, 0) is 39.9 Å². The fourth-order valence-corrected chi connectivity index (χ4v) is 2.29. The number of rotatable bonds is 6. The molecule has 5 heteroatoms. The van der Waals surface area contributed by atoms with E-state index in [0.717, 1.165) is 19.4 Å². The van der Waals surface area contributed by atoms with Crippen LogP contribution in [-0.4, -0.2) is 60.9 Å². The van der Waals surface area contributed by atoms with Crippen LogP contribution >= 0.6 is 0 Å². The maximum absolute atomic E-state index is 12.5. The molecule has 19 heavy (non-hydrogen) atoms. The van der Waals surface area contributed by atoms with Crippen LogP contribution in [0, 0.1) is 5.92 Å².